The Balaban J connectivity index is 2.99. The van der Waals surface area contributed by atoms with Crippen molar-refractivity contribution in [2.75, 3.05) is 0 Å². The van der Waals surface area contributed by atoms with Crippen molar-refractivity contribution in [1.82, 2.24) is 9.97 Å². The summed E-state index contributed by atoms with van der Waals surface area (Å²) in [5.74, 6) is 0. The molecule has 0 amide bonds. The molecule has 1 heterocycles. The Bertz CT molecular complexity index is 325. The summed E-state index contributed by atoms with van der Waals surface area (Å²) in [5, 5.41) is 7.40. The second-order valence-corrected chi connectivity index (χ2v) is 4.15. The topological polar surface area (TPSA) is 49.6 Å². The minimum absolute atomic E-state index is 0.0709. The van der Waals surface area contributed by atoms with Gasteiger partial charge in [0.2, 0.25) is 0 Å². The normalized spacial score (nSPS) is 11.4. The van der Waals surface area contributed by atoms with Crippen LogP contribution in [0, 0.1) is 5.41 Å². The molecule has 14 heavy (non-hydrogen) atoms. The molecule has 0 spiro atoms. The number of nitrogens with one attached hydrogen (secondary N) is 1. The van der Waals surface area contributed by atoms with Crippen LogP contribution in [-0.4, -0.2) is 15.7 Å². The fourth-order valence-corrected chi connectivity index (χ4v) is 1.05. The van der Waals surface area contributed by atoms with Crippen LogP contribution in [0.3, 0.4) is 0 Å². The number of hydrogen-bond donors (Lipinski definition) is 1. The van der Waals surface area contributed by atoms with Crippen LogP contribution in [0.5, 0.6) is 0 Å². The standard InChI is InChI=1S/C11H17N3/c1-5-11(3,4)10-7-13-9(6-14-10)8(2)12/h6-7,12H,5H2,1-4H3. The molecule has 0 bridgehead atoms. The van der Waals surface area contributed by atoms with Gasteiger partial charge in [-0.25, -0.2) is 0 Å². The Morgan fingerprint density at radius 2 is 2.00 bits per heavy atom. The molecule has 0 unspecified atom stereocenters. The molecule has 1 aromatic heterocycles. The van der Waals surface area contributed by atoms with Crippen molar-refractivity contribution in [3.63, 3.8) is 0 Å². The summed E-state index contributed by atoms with van der Waals surface area (Å²) in [6.07, 6.45) is 4.48. The molecule has 3 nitrogen and oxygen atoms in total. The average Bonchev–Trinajstić information content (AvgIpc) is 2.18. The molecule has 1 rings (SSSR count). The van der Waals surface area contributed by atoms with Crippen molar-refractivity contribution in [3.8, 4) is 0 Å². The van der Waals surface area contributed by atoms with Crippen LogP contribution in [0.4, 0.5) is 0 Å². The second kappa shape index (κ2) is 3.86. The highest BCUT2D eigenvalue weighted by molar-refractivity contribution is 5.93. The van der Waals surface area contributed by atoms with E-state index in [-0.39, 0.29) is 5.41 Å². The van der Waals surface area contributed by atoms with Gasteiger partial charge in [0.05, 0.1) is 17.6 Å². The van der Waals surface area contributed by atoms with Crippen LogP contribution >= 0.6 is 0 Å². The molecule has 0 saturated heterocycles. The molecule has 0 aliphatic carbocycles. The van der Waals surface area contributed by atoms with E-state index in [2.05, 4.69) is 30.7 Å². The van der Waals surface area contributed by atoms with Crippen LogP contribution in [0.2, 0.25) is 0 Å². The monoisotopic (exact) mass is 191 g/mol. The third kappa shape index (κ3) is 2.16. The SMILES string of the molecule is CCC(C)(C)c1cnc(C(C)=N)cn1. The molecule has 1 aromatic rings. The Hall–Kier alpha value is -1.25. The lowest BCUT2D eigenvalue weighted by atomic mass is 9.87. The Morgan fingerprint density at radius 3 is 2.36 bits per heavy atom. The summed E-state index contributed by atoms with van der Waals surface area (Å²) >= 11 is 0. The zero-order chi connectivity index (χ0) is 10.8. The summed E-state index contributed by atoms with van der Waals surface area (Å²) in [6.45, 7) is 8.15. The van der Waals surface area contributed by atoms with Gasteiger partial charge in [0.1, 0.15) is 5.69 Å². The molecule has 0 aliphatic heterocycles. The molecule has 1 N–H and O–H groups in total. The van der Waals surface area contributed by atoms with Gasteiger partial charge in [-0.3, -0.25) is 9.97 Å². The molecule has 76 valence electrons. The van der Waals surface area contributed by atoms with E-state index in [1.165, 1.54) is 0 Å². The first-order chi connectivity index (χ1) is 6.47. The van der Waals surface area contributed by atoms with Crippen molar-refractivity contribution >= 4 is 5.71 Å². The molecular weight excluding hydrogens is 174 g/mol. The van der Waals surface area contributed by atoms with Crippen LogP contribution in [-0.2, 0) is 5.41 Å². The molecule has 0 saturated carbocycles. The Kier molecular flexibility index (Phi) is 2.99. The summed E-state index contributed by atoms with van der Waals surface area (Å²) in [6, 6.07) is 0. The zero-order valence-electron chi connectivity index (χ0n) is 9.26. The number of hydrogen-bond acceptors (Lipinski definition) is 3. The highest BCUT2D eigenvalue weighted by Crippen LogP contribution is 2.23. The van der Waals surface area contributed by atoms with E-state index in [0.717, 1.165) is 12.1 Å². The van der Waals surface area contributed by atoms with Crippen molar-refractivity contribution in [1.29, 1.82) is 5.41 Å². The predicted octanol–water partition coefficient (Wildman–Crippen LogP) is 2.55. The quantitative estimate of drug-likeness (QED) is 0.746. The van der Waals surface area contributed by atoms with Gasteiger partial charge in [-0.1, -0.05) is 20.8 Å². The fourth-order valence-electron chi connectivity index (χ4n) is 1.05. The predicted molar refractivity (Wildman–Crippen MR) is 57.9 cm³/mol. The van der Waals surface area contributed by atoms with Crippen LogP contribution in [0.25, 0.3) is 0 Å². The molecular formula is C11H17N3. The zero-order valence-corrected chi connectivity index (χ0v) is 9.26. The third-order valence-corrected chi connectivity index (χ3v) is 2.61. The average molecular weight is 191 g/mol. The highest BCUT2D eigenvalue weighted by atomic mass is 14.8. The first-order valence-electron chi connectivity index (χ1n) is 4.85. The van der Waals surface area contributed by atoms with E-state index in [9.17, 15) is 0 Å². The Morgan fingerprint density at radius 1 is 1.36 bits per heavy atom. The van der Waals surface area contributed by atoms with Crippen molar-refractivity contribution < 1.29 is 0 Å². The van der Waals surface area contributed by atoms with Crippen molar-refractivity contribution in [3.05, 3.63) is 23.8 Å². The van der Waals surface area contributed by atoms with E-state index in [1.54, 1.807) is 19.3 Å². The number of nitrogens with zero attached hydrogens (tertiary/aromatic N) is 2. The lowest BCUT2D eigenvalue weighted by Crippen LogP contribution is -2.18. The van der Waals surface area contributed by atoms with Gasteiger partial charge < -0.3 is 5.41 Å². The summed E-state index contributed by atoms with van der Waals surface area (Å²) in [7, 11) is 0. The van der Waals surface area contributed by atoms with E-state index >= 15 is 0 Å². The summed E-state index contributed by atoms with van der Waals surface area (Å²) in [5.41, 5.74) is 2.17. The minimum Gasteiger partial charge on any atom is -0.303 e. The van der Waals surface area contributed by atoms with Crippen LogP contribution in [0.1, 0.15) is 45.5 Å². The largest absolute Gasteiger partial charge is 0.303 e. The Labute approximate surface area is 85.1 Å². The van der Waals surface area contributed by atoms with E-state index < -0.39 is 0 Å². The van der Waals surface area contributed by atoms with Gasteiger partial charge >= 0.3 is 0 Å². The third-order valence-electron chi connectivity index (χ3n) is 2.61. The summed E-state index contributed by atoms with van der Waals surface area (Å²) in [4.78, 5) is 8.54. The van der Waals surface area contributed by atoms with E-state index in [0.29, 0.717) is 11.4 Å². The first-order valence-corrected chi connectivity index (χ1v) is 4.85. The maximum absolute atomic E-state index is 7.40. The van der Waals surface area contributed by atoms with Gasteiger partial charge in [-0.2, -0.15) is 0 Å². The molecule has 0 radical (unpaired) electrons. The maximum Gasteiger partial charge on any atom is 0.102 e. The molecule has 0 aliphatic rings. The highest BCUT2D eigenvalue weighted by Gasteiger charge is 2.19. The van der Waals surface area contributed by atoms with Crippen molar-refractivity contribution in [2.24, 2.45) is 0 Å². The smallest absolute Gasteiger partial charge is 0.102 e. The maximum atomic E-state index is 7.40. The van der Waals surface area contributed by atoms with Crippen LogP contribution < -0.4 is 0 Å². The van der Waals surface area contributed by atoms with Gasteiger partial charge in [-0.15, -0.1) is 0 Å². The second-order valence-electron chi connectivity index (χ2n) is 4.15. The van der Waals surface area contributed by atoms with Gasteiger partial charge in [0.15, 0.2) is 0 Å². The lowest BCUT2D eigenvalue weighted by Gasteiger charge is -2.21. The fraction of sp³-hybridized carbons (Fsp3) is 0.545. The minimum atomic E-state index is 0.0709. The van der Waals surface area contributed by atoms with Crippen LogP contribution in [0.15, 0.2) is 12.4 Å². The van der Waals surface area contributed by atoms with E-state index in [4.69, 9.17) is 5.41 Å². The van der Waals surface area contributed by atoms with Gasteiger partial charge in [-0.05, 0) is 13.3 Å². The molecule has 0 aromatic carbocycles. The van der Waals surface area contributed by atoms with Gasteiger partial charge in [0.25, 0.3) is 0 Å². The first kappa shape index (κ1) is 10.8. The number of aromatic nitrogens is 2. The molecule has 0 atom stereocenters. The van der Waals surface area contributed by atoms with Crippen molar-refractivity contribution in [2.45, 2.75) is 39.5 Å². The lowest BCUT2D eigenvalue weighted by molar-refractivity contribution is 0.488. The molecule has 3 heteroatoms. The number of rotatable bonds is 3. The van der Waals surface area contributed by atoms with Gasteiger partial charge in [0, 0.05) is 11.6 Å². The summed E-state index contributed by atoms with van der Waals surface area (Å²) < 4.78 is 0. The molecule has 0 fully saturated rings. The van der Waals surface area contributed by atoms with E-state index in [1.807, 2.05) is 0 Å².